The Labute approximate surface area is 182 Å². The number of ether oxygens (including phenoxy) is 1. The molecule has 6 heteroatoms. The van der Waals surface area contributed by atoms with E-state index in [0.29, 0.717) is 11.3 Å². The van der Waals surface area contributed by atoms with Crippen LogP contribution in [-0.2, 0) is 0 Å². The Bertz CT molecular complexity index is 1260. The molecule has 6 nitrogen and oxygen atoms in total. The van der Waals surface area contributed by atoms with Crippen LogP contribution >= 0.6 is 0 Å². The molecule has 0 spiro atoms. The zero-order valence-electron chi connectivity index (χ0n) is 18.4. The molecule has 0 aliphatic heterocycles. The van der Waals surface area contributed by atoms with Gasteiger partial charge in [0.2, 0.25) is 0 Å². The predicted octanol–water partition coefficient (Wildman–Crippen LogP) is 4.95. The second kappa shape index (κ2) is 8.14. The van der Waals surface area contributed by atoms with E-state index in [9.17, 15) is 4.79 Å². The summed E-state index contributed by atoms with van der Waals surface area (Å²) in [4.78, 5) is 19.6. The van der Waals surface area contributed by atoms with Gasteiger partial charge in [0.15, 0.2) is 0 Å². The van der Waals surface area contributed by atoms with E-state index in [-0.39, 0.29) is 5.91 Å². The maximum absolute atomic E-state index is 12.8. The summed E-state index contributed by atoms with van der Waals surface area (Å²) < 4.78 is 7.24. The van der Waals surface area contributed by atoms with Crippen molar-refractivity contribution in [2.24, 2.45) is 0 Å². The topological polar surface area (TPSA) is 58.9 Å². The Morgan fingerprint density at radius 1 is 1.03 bits per heavy atom. The molecule has 1 amide bonds. The number of hydrogen-bond acceptors (Lipinski definition) is 4. The summed E-state index contributed by atoms with van der Waals surface area (Å²) >= 11 is 0. The number of pyridine rings is 1. The zero-order valence-corrected chi connectivity index (χ0v) is 18.4. The van der Waals surface area contributed by atoms with E-state index in [1.165, 1.54) is 0 Å². The molecule has 0 unspecified atom stereocenters. The fourth-order valence-corrected chi connectivity index (χ4v) is 3.76. The normalized spacial score (nSPS) is 10.9. The van der Waals surface area contributed by atoms with E-state index in [1.54, 1.807) is 7.11 Å². The lowest BCUT2D eigenvalue weighted by Crippen LogP contribution is -2.14. The van der Waals surface area contributed by atoms with Crippen molar-refractivity contribution in [1.82, 2.24) is 9.38 Å². The molecule has 0 fully saturated rings. The lowest BCUT2D eigenvalue weighted by Gasteiger charge is -2.16. The van der Waals surface area contributed by atoms with Crippen molar-refractivity contribution in [1.29, 1.82) is 0 Å². The number of carbonyl (C=O) groups excluding carboxylic acids is 1. The number of rotatable bonds is 5. The predicted molar refractivity (Wildman–Crippen MR) is 125 cm³/mol. The number of nitrogens with zero attached hydrogens (tertiary/aromatic N) is 3. The zero-order chi connectivity index (χ0) is 22.1. The second-order valence-electron chi connectivity index (χ2n) is 7.77. The minimum Gasteiger partial charge on any atom is -0.497 e. The van der Waals surface area contributed by atoms with Crippen molar-refractivity contribution >= 4 is 22.9 Å². The van der Waals surface area contributed by atoms with Gasteiger partial charge in [0.05, 0.1) is 18.5 Å². The van der Waals surface area contributed by atoms with Crippen LogP contribution in [0.15, 0.2) is 60.8 Å². The molecule has 2 aromatic carbocycles. The number of benzene rings is 2. The van der Waals surface area contributed by atoms with Crippen LogP contribution in [0.25, 0.3) is 16.9 Å². The molecular weight excluding hydrogens is 388 g/mol. The van der Waals surface area contributed by atoms with E-state index >= 15 is 0 Å². The summed E-state index contributed by atoms with van der Waals surface area (Å²) in [6, 6.07) is 17.4. The molecule has 0 saturated carbocycles. The maximum Gasteiger partial charge on any atom is 0.255 e. The minimum atomic E-state index is -0.138. The van der Waals surface area contributed by atoms with Crippen molar-refractivity contribution in [2.45, 2.75) is 13.8 Å². The van der Waals surface area contributed by atoms with Gasteiger partial charge < -0.3 is 19.4 Å². The van der Waals surface area contributed by atoms with Gasteiger partial charge in [-0.25, -0.2) is 4.98 Å². The SMILES string of the molecule is COc1ccc(-c2nc3ccc(NC(=O)c4ccc(N(C)C)c(C)c4)cn3c2C)cc1. The van der Waals surface area contributed by atoms with Crippen LogP contribution in [0.5, 0.6) is 5.75 Å². The van der Waals surface area contributed by atoms with Crippen LogP contribution in [0.3, 0.4) is 0 Å². The van der Waals surface area contributed by atoms with Crippen molar-refractivity contribution in [3.63, 3.8) is 0 Å². The van der Waals surface area contributed by atoms with Gasteiger partial charge in [-0.15, -0.1) is 0 Å². The molecule has 0 bridgehead atoms. The monoisotopic (exact) mass is 414 g/mol. The molecule has 0 aliphatic carbocycles. The number of carbonyl (C=O) groups is 1. The maximum atomic E-state index is 12.8. The van der Waals surface area contributed by atoms with Crippen LogP contribution in [0.2, 0.25) is 0 Å². The van der Waals surface area contributed by atoms with E-state index in [2.05, 4.69) is 5.32 Å². The Balaban J connectivity index is 1.61. The van der Waals surface area contributed by atoms with Crippen LogP contribution in [-0.4, -0.2) is 36.5 Å². The number of imidazole rings is 1. The van der Waals surface area contributed by atoms with E-state index < -0.39 is 0 Å². The van der Waals surface area contributed by atoms with Crippen LogP contribution in [0.4, 0.5) is 11.4 Å². The third kappa shape index (κ3) is 3.97. The molecule has 0 saturated heterocycles. The number of methoxy groups -OCH3 is 1. The molecule has 0 atom stereocenters. The summed E-state index contributed by atoms with van der Waals surface area (Å²) in [5.74, 6) is 0.671. The first-order valence-corrected chi connectivity index (χ1v) is 10.1. The van der Waals surface area contributed by atoms with Crippen LogP contribution < -0.4 is 15.0 Å². The van der Waals surface area contributed by atoms with Gasteiger partial charge in [0.25, 0.3) is 5.91 Å². The molecular formula is C25H26N4O2. The quantitative estimate of drug-likeness (QED) is 0.502. The Morgan fingerprint density at radius 2 is 1.77 bits per heavy atom. The third-order valence-electron chi connectivity index (χ3n) is 5.42. The van der Waals surface area contributed by atoms with Gasteiger partial charge in [-0.3, -0.25) is 4.79 Å². The number of aromatic nitrogens is 2. The van der Waals surface area contributed by atoms with Crippen molar-refractivity contribution in [3.8, 4) is 17.0 Å². The fourth-order valence-electron chi connectivity index (χ4n) is 3.76. The van der Waals surface area contributed by atoms with E-state index in [1.807, 2.05) is 98.0 Å². The number of nitrogens with one attached hydrogen (secondary N) is 1. The van der Waals surface area contributed by atoms with Crippen LogP contribution in [0, 0.1) is 13.8 Å². The highest BCUT2D eigenvalue weighted by Gasteiger charge is 2.13. The van der Waals surface area contributed by atoms with Gasteiger partial charge in [-0.05, 0) is 74.0 Å². The number of anilines is 2. The lowest BCUT2D eigenvalue weighted by molar-refractivity contribution is 0.102. The number of fused-ring (bicyclic) bond motifs is 1. The summed E-state index contributed by atoms with van der Waals surface area (Å²) in [5, 5.41) is 3.00. The lowest BCUT2D eigenvalue weighted by atomic mass is 10.1. The number of hydrogen-bond donors (Lipinski definition) is 1. The first kappa shape index (κ1) is 20.5. The third-order valence-corrected chi connectivity index (χ3v) is 5.42. The fraction of sp³-hybridized carbons (Fsp3) is 0.200. The van der Waals surface area contributed by atoms with Gasteiger partial charge >= 0.3 is 0 Å². The summed E-state index contributed by atoms with van der Waals surface area (Å²) in [5.41, 5.74) is 7.25. The molecule has 1 N–H and O–H groups in total. The standard InChI is InChI=1S/C25H26N4O2/c1-16-14-19(8-12-22(16)28(3)4)25(30)26-20-9-13-23-27-24(17(2)29(23)15-20)18-6-10-21(31-5)11-7-18/h6-15H,1-5H3,(H,26,30). The average molecular weight is 415 g/mol. The van der Waals surface area contributed by atoms with Crippen molar-refractivity contribution in [3.05, 3.63) is 77.6 Å². The Kier molecular flexibility index (Phi) is 5.38. The highest BCUT2D eigenvalue weighted by molar-refractivity contribution is 6.04. The molecule has 31 heavy (non-hydrogen) atoms. The minimum absolute atomic E-state index is 0.138. The van der Waals surface area contributed by atoms with E-state index in [4.69, 9.17) is 9.72 Å². The highest BCUT2D eigenvalue weighted by Crippen LogP contribution is 2.27. The largest absolute Gasteiger partial charge is 0.497 e. The van der Waals surface area contributed by atoms with Gasteiger partial charge in [-0.2, -0.15) is 0 Å². The second-order valence-corrected chi connectivity index (χ2v) is 7.77. The molecule has 2 aromatic heterocycles. The molecule has 158 valence electrons. The first-order chi connectivity index (χ1) is 14.9. The van der Waals surface area contributed by atoms with Crippen LogP contribution in [0.1, 0.15) is 21.6 Å². The number of aryl methyl sites for hydroxylation is 2. The number of amides is 1. The van der Waals surface area contributed by atoms with Gasteiger partial charge in [0.1, 0.15) is 11.4 Å². The highest BCUT2D eigenvalue weighted by atomic mass is 16.5. The summed E-state index contributed by atoms with van der Waals surface area (Å²) in [7, 11) is 5.63. The molecule has 4 rings (SSSR count). The molecule has 0 radical (unpaired) electrons. The Morgan fingerprint density at radius 3 is 2.42 bits per heavy atom. The summed E-state index contributed by atoms with van der Waals surface area (Å²) in [6.45, 7) is 4.03. The van der Waals surface area contributed by atoms with Gasteiger partial charge in [0, 0.05) is 42.8 Å². The molecule has 4 aromatic rings. The molecule has 2 heterocycles. The smallest absolute Gasteiger partial charge is 0.255 e. The van der Waals surface area contributed by atoms with Gasteiger partial charge in [-0.1, -0.05) is 0 Å². The first-order valence-electron chi connectivity index (χ1n) is 10.1. The molecule has 0 aliphatic rings. The summed E-state index contributed by atoms with van der Waals surface area (Å²) in [6.07, 6.45) is 1.91. The average Bonchev–Trinajstić information content (AvgIpc) is 3.09. The van der Waals surface area contributed by atoms with E-state index in [0.717, 1.165) is 39.6 Å². The van der Waals surface area contributed by atoms with Crippen molar-refractivity contribution in [2.75, 3.05) is 31.4 Å². The Hall–Kier alpha value is -3.80. The van der Waals surface area contributed by atoms with Crippen molar-refractivity contribution < 1.29 is 9.53 Å².